The number of hydrogen-bond acceptors (Lipinski definition) is 1. The molecule has 2 aromatic rings. The predicted octanol–water partition coefficient (Wildman–Crippen LogP) is 4.83. The van der Waals surface area contributed by atoms with Crippen LogP contribution in [0.5, 0.6) is 5.75 Å². The average molecular weight is 252 g/mol. The third-order valence-corrected chi connectivity index (χ3v) is 4.33. The number of benzene rings is 2. The highest BCUT2D eigenvalue weighted by atomic mass is 16.3. The van der Waals surface area contributed by atoms with E-state index in [1.54, 1.807) is 0 Å². The highest BCUT2D eigenvalue weighted by Crippen LogP contribution is 2.46. The molecule has 2 atom stereocenters. The molecule has 1 aliphatic carbocycles. The van der Waals surface area contributed by atoms with Crippen molar-refractivity contribution < 1.29 is 5.11 Å². The molecule has 0 amide bonds. The molecule has 0 bridgehead atoms. The van der Waals surface area contributed by atoms with E-state index in [1.807, 2.05) is 18.2 Å². The van der Waals surface area contributed by atoms with E-state index in [0.29, 0.717) is 17.6 Å². The second-order valence-electron chi connectivity index (χ2n) is 5.47. The molecule has 1 N–H and O–H groups in total. The molecule has 2 aromatic carbocycles. The number of para-hydroxylation sites is 1. The molecule has 0 aromatic heterocycles. The van der Waals surface area contributed by atoms with Gasteiger partial charge in [0.2, 0.25) is 0 Å². The Bertz CT molecular complexity index is 532. The Hall–Kier alpha value is -1.76. The molecule has 19 heavy (non-hydrogen) atoms. The Morgan fingerprint density at radius 1 is 0.737 bits per heavy atom. The zero-order valence-corrected chi connectivity index (χ0v) is 11.1. The Kier molecular flexibility index (Phi) is 3.54. The maximum Gasteiger partial charge on any atom is 0.119 e. The number of aromatic hydroxyl groups is 1. The van der Waals surface area contributed by atoms with Crippen molar-refractivity contribution in [1.82, 2.24) is 0 Å². The van der Waals surface area contributed by atoms with E-state index < -0.39 is 0 Å². The Balaban J connectivity index is 1.96. The molecule has 1 fully saturated rings. The van der Waals surface area contributed by atoms with Gasteiger partial charge in [0.05, 0.1) is 0 Å². The van der Waals surface area contributed by atoms with Gasteiger partial charge in [0.15, 0.2) is 0 Å². The molecule has 1 heteroatoms. The molecule has 0 unspecified atom stereocenters. The fourth-order valence-electron chi connectivity index (χ4n) is 3.40. The van der Waals surface area contributed by atoms with E-state index in [-0.39, 0.29) is 0 Å². The SMILES string of the molecule is Oc1ccccc1[C@H]1CCCC[C@H]1c1ccccc1. The van der Waals surface area contributed by atoms with Crippen LogP contribution in [-0.2, 0) is 0 Å². The fourth-order valence-corrected chi connectivity index (χ4v) is 3.40. The lowest BCUT2D eigenvalue weighted by Gasteiger charge is -2.32. The fraction of sp³-hybridized carbons (Fsp3) is 0.333. The Labute approximate surface area is 114 Å². The third kappa shape index (κ3) is 2.51. The first kappa shape index (κ1) is 12.3. The summed E-state index contributed by atoms with van der Waals surface area (Å²) in [6.07, 6.45) is 4.96. The average Bonchev–Trinajstić information content (AvgIpc) is 2.49. The lowest BCUT2D eigenvalue weighted by molar-refractivity contribution is 0.371. The topological polar surface area (TPSA) is 20.2 Å². The summed E-state index contributed by atoms with van der Waals surface area (Å²) in [4.78, 5) is 0. The monoisotopic (exact) mass is 252 g/mol. The number of phenols is 1. The minimum atomic E-state index is 0.454. The highest BCUT2D eigenvalue weighted by Gasteiger charge is 2.29. The smallest absolute Gasteiger partial charge is 0.119 e. The third-order valence-electron chi connectivity index (χ3n) is 4.33. The molecule has 1 nitrogen and oxygen atoms in total. The van der Waals surface area contributed by atoms with Crippen molar-refractivity contribution in [1.29, 1.82) is 0 Å². The van der Waals surface area contributed by atoms with Crippen molar-refractivity contribution in [2.75, 3.05) is 0 Å². The minimum Gasteiger partial charge on any atom is -0.508 e. The van der Waals surface area contributed by atoms with Crippen LogP contribution in [0.4, 0.5) is 0 Å². The molecular weight excluding hydrogens is 232 g/mol. The van der Waals surface area contributed by atoms with Crippen LogP contribution in [0.1, 0.15) is 48.6 Å². The second kappa shape index (κ2) is 5.48. The van der Waals surface area contributed by atoms with Gasteiger partial charge in [0.25, 0.3) is 0 Å². The molecule has 0 radical (unpaired) electrons. The first-order valence-electron chi connectivity index (χ1n) is 7.19. The maximum absolute atomic E-state index is 10.1. The van der Waals surface area contributed by atoms with Gasteiger partial charge in [-0.1, -0.05) is 61.4 Å². The van der Waals surface area contributed by atoms with Gasteiger partial charge in [0, 0.05) is 0 Å². The van der Waals surface area contributed by atoms with Crippen molar-refractivity contribution in [3.05, 3.63) is 65.7 Å². The van der Waals surface area contributed by atoms with Crippen LogP contribution in [0, 0.1) is 0 Å². The highest BCUT2D eigenvalue weighted by molar-refractivity contribution is 5.38. The molecule has 98 valence electrons. The van der Waals surface area contributed by atoms with Crippen LogP contribution in [-0.4, -0.2) is 5.11 Å². The van der Waals surface area contributed by atoms with Gasteiger partial charge in [-0.05, 0) is 41.9 Å². The van der Waals surface area contributed by atoms with Crippen LogP contribution in [0.15, 0.2) is 54.6 Å². The first-order chi connectivity index (χ1) is 9.36. The van der Waals surface area contributed by atoms with E-state index >= 15 is 0 Å². The summed E-state index contributed by atoms with van der Waals surface area (Å²) in [6.45, 7) is 0. The quantitative estimate of drug-likeness (QED) is 0.811. The number of rotatable bonds is 2. The molecule has 0 aliphatic heterocycles. The van der Waals surface area contributed by atoms with Gasteiger partial charge in [-0.25, -0.2) is 0 Å². The van der Waals surface area contributed by atoms with Gasteiger partial charge >= 0.3 is 0 Å². The number of phenolic OH excluding ortho intramolecular Hbond substituents is 1. The predicted molar refractivity (Wildman–Crippen MR) is 78.5 cm³/mol. The van der Waals surface area contributed by atoms with E-state index in [9.17, 15) is 5.11 Å². The minimum absolute atomic E-state index is 0.454. The first-order valence-corrected chi connectivity index (χ1v) is 7.19. The normalized spacial score (nSPS) is 23.2. The van der Waals surface area contributed by atoms with Gasteiger partial charge in [-0.3, -0.25) is 0 Å². The summed E-state index contributed by atoms with van der Waals surface area (Å²) >= 11 is 0. The van der Waals surface area contributed by atoms with Crippen LogP contribution in [0.2, 0.25) is 0 Å². The molecule has 1 saturated carbocycles. The summed E-state index contributed by atoms with van der Waals surface area (Å²) in [5.41, 5.74) is 2.53. The van der Waals surface area contributed by atoms with Crippen LogP contribution in [0.3, 0.4) is 0 Å². The van der Waals surface area contributed by atoms with Crippen molar-refractivity contribution >= 4 is 0 Å². The molecule has 3 rings (SSSR count). The van der Waals surface area contributed by atoms with E-state index in [2.05, 4.69) is 36.4 Å². The van der Waals surface area contributed by atoms with Gasteiger partial charge in [-0.2, -0.15) is 0 Å². The largest absolute Gasteiger partial charge is 0.508 e. The Morgan fingerprint density at radius 2 is 1.37 bits per heavy atom. The summed E-state index contributed by atoms with van der Waals surface area (Å²) in [5, 5.41) is 10.1. The maximum atomic E-state index is 10.1. The van der Waals surface area contributed by atoms with E-state index in [1.165, 1.54) is 31.2 Å². The Morgan fingerprint density at radius 3 is 2.11 bits per heavy atom. The zero-order valence-electron chi connectivity index (χ0n) is 11.1. The van der Waals surface area contributed by atoms with Crippen LogP contribution >= 0.6 is 0 Å². The van der Waals surface area contributed by atoms with Crippen LogP contribution < -0.4 is 0 Å². The van der Waals surface area contributed by atoms with Crippen molar-refractivity contribution in [2.45, 2.75) is 37.5 Å². The molecule has 0 spiro atoms. The van der Waals surface area contributed by atoms with E-state index in [0.717, 1.165) is 5.56 Å². The molecule has 0 heterocycles. The van der Waals surface area contributed by atoms with Crippen LogP contribution in [0.25, 0.3) is 0 Å². The van der Waals surface area contributed by atoms with Gasteiger partial charge in [0.1, 0.15) is 5.75 Å². The molecular formula is C18H20O. The van der Waals surface area contributed by atoms with Crippen molar-refractivity contribution in [3.8, 4) is 5.75 Å². The van der Waals surface area contributed by atoms with E-state index in [4.69, 9.17) is 0 Å². The second-order valence-corrected chi connectivity index (χ2v) is 5.47. The van der Waals surface area contributed by atoms with Crippen molar-refractivity contribution in [3.63, 3.8) is 0 Å². The lowest BCUT2D eigenvalue weighted by atomic mass is 9.72. The summed E-state index contributed by atoms with van der Waals surface area (Å²) in [7, 11) is 0. The lowest BCUT2D eigenvalue weighted by Crippen LogP contribution is -2.16. The number of hydrogen-bond donors (Lipinski definition) is 1. The van der Waals surface area contributed by atoms with Gasteiger partial charge < -0.3 is 5.11 Å². The summed E-state index contributed by atoms with van der Waals surface area (Å²) in [5.74, 6) is 1.45. The summed E-state index contributed by atoms with van der Waals surface area (Å²) < 4.78 is 0. The summed E-state index contributed by atoms with van der Waals surface area (Å²) in [6, 6.07) is 18.6. The van der Waals surface area contributed by atoms with Crippen molar-refractivity contribution in [2.24, 2.45) is 0 Å². The molecule has 0 saturated heterocycles. The standard InChI is InChI=1S/C18H20O/c19-18-13-7-6-12-17(18)16-11-5-4-10-15(16)14-8-2-1-3-9-14/h1-3,6-9,12-13,15-16,19H,4-5,10-11H2/t15-,16-/m0/s1. The molecule has 1 aliphatic rings. The zero-order chi connectivity index (χ0) is 13.1. The van der Waals surface area contributed by atoms with Gasteiger partial charge in [-0.15, -0.1) is 0 Å².